The Hall–Kier alpha value is -3.96. The summed E-state index contributed by atoms with van der Waals surface area (Å²) < 4.78 is 2.26. The van der Waals surface area contributed by atoms with Crippen LogP contribution in [-0.4, -0.2) is 20.7 Å². The number of nitrogens with one attached hydrogen (secondary N) is 1. The molecular formula is C27H25N3O2. The Kier molecular flexibility index (Phi) is 6.58. The number of carbonyl (C=O) groups excluding carboxylic acids is 1. The minimum Gasteiger partial charge on any atom is -0.327 e. The summed E-state index contributed by atoms with van der Waals surface area (Å²) in [5.74, 6) is 0.320. The molecule has 0 saturated carbocycles. The molecule has 1 aromatic heterocycles. The number of aryl methyl sites for hydroxylation is 1. The van der Waals surface area contributed by atoms with E-state index in [4.69, 9.17) is 10.2 Å². The fourth-order valence-electron chi connectivity index (χ4n) is 3.77. The molecule has 0 aliphatic heterocycles. The second-order valence-electron chi connectivity index (χ2n) is 7.56. The molecule has 5 heteroatoms. The van der Waals surface area contributed by atoms with Gasteiger partial charge in [0.25, 0.3) is 5.91 Å². The highest BCUT2D eigenvalue weighted by Gasteiger charge is 2.17. The number of rotatable bonds is 7. The lowest BCUT2D eigenvalue weighted by Crippen LogP contribution is -2.14. The van der Waals surface area contributed by atoms with Gasteiger partial charge in [-0.05, 0) is 36.6 Å². The van der Waals surface area contributed by atoms with E-state index in [-0.39, 0.29) is 0 Å². The molecule has 0 aliphatic rings. The van der Waals surface area contributed by atoms with Gasteiger partial charge in [0.15, 0.2) is 0 Å². The lowest BCUT2D eigenvalue weighted by Gasteiger charge is -2.11. The first-order valence-electron chi connectivity index (χ1n) is 10.5. The predicted octanol–water partition coefficient (Wildman–Crippen LogP) is 5.29. The first kappa shape index (κ1) is 21.3. The summed E-state index contributed by atoms with van der Waals surface area (Å²) in [4.78, 5) is 16.4. The maximum Gasteiger partial charge on any atom is 0.267 e. The molecule has 2 N–H and O–H groups in total. The van der Waals surface area contributed by atoms with Gasteiger partial charge in [0.05, 0.1) is 5.69 Å². The first-order chi connectivity index (χ1) is 15.7. The van der Waals surface area contributed by atoms with Crippen LogP contribution in [0.3, 0.4) is 0 Å². The van der Waals surface area contributed by atoms with Crippen LogP contribution in [0.25, 0.3) is 28.7 Å². The van der Waals surface area contributed by atoms with Crippen LogP contribution in [0.4, 0.5) is 0 Å². The van der Waals surface area contributed by atoms with Crippen molar-refractivity contribution in [2.45, 2.75) is 19.9 Å². The number of aromatic nitrogens is 2. The standard InChI is InChI=1S/C27H25N3O2/c1-20-26(23-12-6-3-7-13-23)28-27(30(20)18-17-21-9-4-2-5-10-21)24-14-8-11-22(19-24)15-16-25(31)29-32/h2-16,19,32H,17-18H2,1H3,(H,29,31). The quantitative estimate of drug-likeness (QED) is 0.241. The molecule has 0 unspecified atom stereocenters. The van der Waals surface area contributed by atoms with Crippen molar-refractivity contribution >= 4 is 12.0 Å². The topological polar surface area (TPSA) is 67.2 Å². The zero-order valence-corrected chi connectivity index (χ0v) is 17.9. The molecule has 0 aliphatic carbocycles. The van der Waals surface area contributed by atoms with Gasteiger partial charge in [-0.1, -0.05) is 78.9 Å². The molecule has 0 radical (unpaired) electrons. The van der Waals surface area contributed by atoms with Gasteiger partial charge in [0.1, 0.15) is 5.82 Å². The van der Waals surface area contributed by atoms with E-state index in [1.807, 2.05) is 48.5 Å². The molecule has 1 heterocycles. The second-order valence-corrected chi connectivity index (χ2v) is 7.56. The average Bonchev–Trinajstić information content (AvgIpc) is 3.18. The zero-order valence-electron chi connectivity index (χ0n) is 17.9. The number of imidazole rings is 1. The van der Waals surface area contributed by atoms with Crippen LogP contribution >= 0.6 is 0 Å². The Morgan fingerprint density at radius 2 is 1.66 bits per heavy atom. The normalized spacial score (nSPS) is 11.1. The summed E-state index contributed by atoms with van der Waals surface area (Å²) in [6, 6.07) is 28.5. The van der Waals surface area contributed by atoms with Crippen LogP contribution < -0.4 is 5.48 Å². The number of hydrogen-bond donors (Lipinski definition) is 2. The van der Waals surface area contributed by atoms with Gasteiger partial charge < -0.3 is 4.57 Å². The third kappa shape index (κ3) is 4.85. The number of amides is 1. The number of hydroxylamine groups is 1. The summed E-state index contributed by atoms with van der Waals surface area (Å²) in [6.45, 7) is 2.91. The summed E-state index contributed by atoms with van der Waals surface area (Å²) >= 11 is 0. The van der Waals surface area contributed by atoms with E-state index in [1.54, 1.807) is 11.6 Å². The van der Waals surface area contributed by atoms with Crippen molar-refractivity contribution in [1.82, 2.24) is 15.0 Å². The Morgan fingerprint density at radius 3 is 2.38 bits per heavy atom. The molecule has 3 aromatic carbocycles. The van der Waals surface area contributed by atoms with E-state index in [2.05, 4.69) is 47.9 Å². The van der Waals surface area contributed by atoms with Gasteiger partial charge in [0, 0.05) is 29.4 Å². The van der Waals surface area contributed by atoms with Crippen LogP contribution in [-0.2, 0) is 17.8 Å². The molecule has 0 saturated heterocycles. The lowest BCUT2D eigenvalue weighted by atomic mass is 10.1. The average molecular weight is 424 g/mol. The minimum atomic E-state index is -0.568. The SMILES string of the molecule is Cc1c(-c2ccccc2)nc(-c2cccc(C=CC(=O)NO)c2)n1CCc1ccccc1. The molecule has 5 nitrogen and oxygen atoms in total. The molecule has 4 rings (SSSR count). The van der Waals surface area contributed by atoms with Gasteiger partial charge in [-0.2, -0.15) is 0 Å². The smallest absolute Gasteiger partial charge is 0.267 e. The summed E-state index contributed by atoms with van der Waals surface area (Å²) in [6.07, 6.45) is 3.86. The maximum absolute atomic E-state index is 11.4. The molecule has 160 valence electrons. The van der Waals surface area contributed by atoms with E-state index >= 15 is 0 Å². The third-order valence-corrected chi connectivity index (χ3v) is 5.42. The highest BCUT2D eigenvalue weighted by molar-refractivity contribution is 5.91. The van der Waals surface area contributed by atoms with Crippen molar-refractivity contribution < 1.29 is 10.0 Å². The number of hydrogen-bond acceptors (Lipinski definition) is 3. The van der Waals surface area contributed by atoms with Crippen LogP contribution in [0, 0.1) is 6.92 Å². The van der Waals surface area contributed by atoms with Crippen molar-refractivity contribution in [2.75, 3.05) is 0 Å². The summed E-state index contributed by atoms with van der Waals surface area (Å²) in [5, 5.41) is 8.71. The number of benzene rings is 3. The third-order valence-electron chi connectivity index (χ3n) is 5.42. The van der Waals surface area contributed by atoms with Crippen molar-refractivity contribution in [1.29, 1.82) is 0 Å². The van der Waals surface area contributed by atoms with Crippen LogP contribution in [0.5, 0.6) is 0 Å². The van der Waals surface area contributed by atoms with Crippen molar-refractivity contribution in [3.63, 3.8) is 0 Å². The molecule has 0 bridgehead atoms. The highest BCUT2D eigenvalue weighted by atomic mass is 16.5. The van der Waals surface area contributed by atoms with Gasteiger partial charge in [0.2, 0.25) is 0 Å². The van der Waals surface area contributed by atoms with Crippen molar-refractivity contribution in [3.05, 3.63) is 108 Å². The largest absolute Gasteiger partial charge is 0.327 e. The first-order valence-corrected chi connectivity index (χ1v) is 10.5. The van der Waals surface area contributed by atoms with E-state index in [0.29, 0.717) is 0 Å². The maximum atomic E-state index is 11.4. The second kappa shape index (κ2) is 9.90. The molecule has 32 heavy (non-hydrogen) atoms. The number of nitrogens with zero attached hydrogens (tertiary/aromatic N) is 2. The van der Waals surface area contributed by atoms with Crippen molar-refractivity contribution in [3.8, 4) is 22.6 Å². The Balaban J connectivity index is 1.75. The lowest BCUT2D eigenvalue weighted by molar-refractivity contribution is -0.124. The Labute approximate surface area is 187 Å². The van der Waals surface area contributed by atoms with Gasteiger partial charge in [-0.15, -0.1) is 0 Å². The van der Waals surface area contributed by atoms with Crippen LogP contribution in [0.1, 0.15) is 16.8 Å². The highest BCUT2D eigenvalue weighted by Crippen LogP contribution is 2.30. The van der Waals surface area contributed by atoms with Crippen LogP contribution in [0.2, 0.25) is 0 Å². The minimum absolute atomic E-state index is 0.568. The Bertz CT molecular complexity index is 1230. The van der Waals surface area contributed by atoms with E-state index in [1.165, 1.54) is 11.6 Å². The van der Waals surface area contributed by atoms with Crippen LogP contribution in [0.15, 0.2) is 91.0 Å². The molecular weight excluding hydrogens is 398 g/mol. The molecule has 4 aromatic rings. The molecule has 1 amide bonds. The zero-order chi connectivity index (χ0) is 22.3. The molecule has 0 fully saturated rings. The summed E-state index contributed by atoms with van der Waals surface area (Å²) in [5.41, 5.74) is 7.87. The molecule has 0 spiro atoms. The molecule has 0 atom stereocenters. The van der Waals surface area contributed by atoms with Gasteiger partial charge in [-0.25, -0.2) is 10.5 Å². The fraction of sp³-hybridized carbons (Fsp3) is 0.111. The van der Waals surface area contributed by atoms with Crippen molar-refractivity contribution in [2.24, 2.45) is 0 Å². The summed E-state index contributed by atoms with van der Waals surface area (Å²) in [7, 11) is 0. The van der Waals surface area contributed by atoms with Gasteiger partial charge in [-0.3, -0.25) is 10.0 Å². The van der Waals surface area contributed by atoms with E-state index in [9.17, 15) is 4.79 Å². The Morgan fingerprint density at radius 1 is 0.969 bits per heavy atom. The number of carbonyl (C=O) groups is 1. The monoisotopic (exact) mass is 423 g/mol. The van der Waals surface area contributed by atoms with E-state index in [0.717, 1.165) is 46.9 Å². The van der Waals surface area contributed by atoms with Gasteiger partial charge >= 0.3 is 0 Å². The fourth-order valence-corrected chi connectivity index (χ4v) is 3.77. The predicted molar refractivity (Wildman–Crippen MR) is 127 cm³/mol. The van der Waals surface area contributed by atoms with E-state index < -0.39 is 5.91 Å².